The van der Waals surface area contributed by atoms with E-state index >= 15 is 0 Å². The van der Waals surface area contributed by atoms with Crippen LogP contribution in [0.4, 0.5) is 5.69 Å². The van der Waals surface area contributed by atoms with Gasteiger partial charge in [0.25, 0.3) is 0 Å². The molecule has 1 aromatic rings. The number of carboxylic acids is 1. The lowest BCUT2D eigenvalue weighted by molar-refractivity contribution is -0.132. The quantitative estimate of drug-likeness (QED) is 0.768. The van der Waals surface area contributed by atoms with E-state index in [1.165, 1.54) is 11.1 Å². The average molecular weight is 233 g/mol. The first-order chi connectivity index (χ1) is 8.04. The second kappa shape index (κ2) is 6.09. The lowest BCUT2D eigenvalue weighted by Gasteiger charge is -2.07. The predicted octanol–water partition coefficient (Wildman–Crippen LogP) is 3.14. The van der Waals surface area contributed by atoms with Crippen LogP contribution < -0.4 is 5.32 Å². The molecule has 0 fully saturated rings. The van der Waals surface area contributed by atoms with E-state index in [1.54, 1.807) is 6.08 Å². The number of rotatable bonds is 5. The lowest BCUT2D eigenvalue weighted by Crippen LogP contribution is -2.04. The van der Waals surface area contributed by atoms with Crippen molar-refractivity contribution in [2.45, 2.75) is 27.2 Å². The molecule has 0 unspecified atom stereocenters. The minimum Gasteiger partial charge on any atom is -0.478 e. The number of hydrogen-bond donors (Lipinski definition) is 2. The Morgan fingerprint density at radius 3 is 2.59 bits per heavy atom. The van der Waals surface area contributed by atoms with Crippen LogP contribution in [0.15, 0.2) is 29.8 Å². The van der Waals surface area contributed by atoms with E-state index in [9.17, 15) is 4.79 Å². The summed E-state index contributed by atoms with van der Waals surface area (Å²) in [7, 11) is 0. The molecule has 0 saturated carbocycles. The van der Waals surface area contributed by atoms with Gasteiger partial charge in [0.05, 0.1) is 0 Å². The standard InChI is InChI=1S/C14H19NO2/c1-4-12(14(16)17)7-8-15-13-6-5-10(2)11(3)9-13/h5-7,9,15H,4,8H2,1-3H3,(H,16,17)/b12-7-. The smallest absolute Gasteiger partial charge is 0.331 e. The molecular weight excluding hydrogens is 214 g/mol. The second-order valence-corrected chi connectivity index (χ2v) is 4.07. The van der Waals surface area contributed by atoms with Gasteiger partial charge in [0, 0.05) is 17.8 Å². The third kappa shape index (κ3) is 3.94. The molecule has 0 radical (unpaired) electrons. The number of anilines is 1. The van der Waals surface area contributed by atoms with Gasteiger partial charge >= 0.3 is 5.97 Å². The van der Waals surface area contributed by atoms with Crippen LogP contribution in [0.5, 0.6) is 0 Å². The number of aryl methyl sites for hydroxylation is 2. The van der Waals surface area contributed by atoms with Crippen molar-refractivity contribution in [1.82, 2.24) is 0 Å². The average Bonchev–Trinajstić information content (AvgIpc) is 2.28. The van der Waals surface area contributed by atoms with Gasteiger partial charge in [-0.15, -0.1) is 0 Å². The van der Waals surface area contributed by atoms with E-state index in [4.69, 9.17) is 5.11 Å². The van der Waals surface area contributed by atoms with E-state index < -0.39 is 5.97 Å². The van der Waals surface area contributed by atoms with Gasteiger partial charge in [0.15, 0.2) is 0 Å². The molecule has 1 rings (SSSR count). The summed E-state index contributed by atoms with van der Waals surface area (Å²) in [4.78, 5) is 10.8. The molecule has 0 saturated heterocycles. The van der Waals surface area contributed by atoms with Crippen molar-refractivity contribution >= 4 is 11.7 Å². The molecule has 0 aromatic heterocycles. The van der Waals surface area contributed by atoms with Gasteiger partial charge in [-0.3, -0.25) is 0 Å². The summed E-state index contributed by atoms with van der Waals surface area (Å²) < 4.78 is 0. The van der Waals surface area contributed by atoms with Gasteiger partial charge < -0.3 is 10.4 Å². The molecular formula is C14H19NO2. The maximum Gasteiger partial charge on any atom is 0.331 e. The molecule has 0 heterocycles. The van der Waals surface area contributed by atoms with Crippen molar-refractivity contribution in [2.75, 3.05) is 11.9 Å². The summed E-state index contributed by atoms with van der Waals surface area (Å²) in [5, 5.41) is 12.0. The molecule has 0 aliphatic heterocycles. The summed E-state index contributed by atoms with van der Waals surface area (Å²) in [5.41, 5.74) is 3.95. The van der Waals surface area contributed by atoms with Gasteiger partial charge in [-0.25, -0.2) is 4.79 Å². The molecule has 1 aromatic carbocycles. The fourth-order valence-corrected chi connectivity index (χ4v) is 1.53. The maximum absolute atomic E-state index is 10.8. The van der Waals surface area contributed by atoms with Crippen molar-refractivity contribution in [3.63, 3.8) is 0 Å². The van der Waals surface area contributed by atoms with E-state index in [1.807, 2.05) is 13.0 Å². The molecule has 0 bridgehead atoms. The number of benzene rings is 1. The molecule has 0 aliphatic carbocycles. The Balaban J connectivity index is 2.61. The summed E-state index contributed by atoms with van der Waals surface area (Å²) >= 11 is 0. The van der Waals surface area contributed by atoms with Crippen LogP contribution in [-0.4, -0.2) is 17.6 Å². The Labute approximate surface area is 102 Å². The van der Waals surface area contributed by atoms with Gasteiger partial charge in [0.1, 0.15) is 0 Å². The summed E-state index contributed by atoms with van der Waals surface area (Å²) in [5.74, 6) is -0.839. The highest BCUT2D eigenvalue weighted by atomic mass is 16.4. The van der Waals surface area contributed by atoms with E-state index in [0.29, 0.717) is 18.5 Å². The maximum atomic E-state index is 10.8. The Hall–Kier alpha value is -1.77. The molecule has 0 aliphatic rings. The SMILES string of the molecule is CC/C(=C/CNc1ccc(C)c(C)c1)C(=O)O. The number of nitrogens with one attached hydrogen (secondary N) is 1. The van der Waals surface area contributed by atoms with Crippen molar-refractivity contribution in [3.05, 3.63) is 41.0 Å². The molecule has 0 spiro atoms. The first-order valence-corrected chi connectivity index (χ1v) is 5.78. The fourth-order valence-electron chi connectivity index (χ4n) is 1.53. The van der Waals surface area contributed by atoms with Crippen LogP contribution in [0, 0.1) is 13.8 Å². The zero-order chi connectivity index (χ0) is 12.8. The molecule has 0 atom stereocenters. The highest BCUT2D eigenvalue weighted by Gasteiger charge is 2.02. The van der Waals surface area contributed by atoms with Crippen molar-refractivity contribution in [3.8, 4) is 0 Å². The molecule has 17 heavy (non-hydrogen) atoms. The molecule has 92 valence electrons. The van der Waals surface area contributed by atoms with Crippen LogP contribution in [0.2, 0.25) is 0 Å². The van der Waals surface area contributed by atoms with Crippen LogP contribution in [0.1, 0.15) is 24.5 Å². The largest absolute Gasteiger partial charge is 0.478 e. The van der Waals surface area contributed by atoms with Crippen molar-refractivity contribution in [1.29, 1.82) is 0 Å². The molecule has 3 heteroatoms. The van der Waals surface area contributed by atoms with Crippen LogP contribution >= 0.6 is 0 Å². The first-order valence-electron chi connectivity index (χ1n) is 5.78. The van der Waals surface area contributed by atoms with Crippen LogP contribution in [0.25, 0.3) is 0 Å². The summed E-state index contributed by atoms with van der Waals surface area (Å²) in [6, 6.07) is 6.12. The monoisotopic (exact) mass is 233 g/mol. The molecule has 2 N–H and O–H groups in total. The Morgan fingerprint density at radius 2 is 2.06 bits per heavy atom. The summed E-state index contributed by atoms with van der Waals surface area (Å²) in [6.45, 7) is 6.51. The van der Waals surface area contributed by atoms with Crippen LogP contribution in [0.3, 0.4) is 0 Å². The zero-order valence-corrected chi connectivity index (χ0v) is 10.6. The molecule has 0 amide bonds. The highest BCUT2D eigenvalue weighted by molar-refractivity contribution is 5.86. The van der Waals surface area contributed by atoms with Gasteiger partial charge in [-0.1, -0.05) is 19.1 Å². The second-order valence-electron chi connectivity index (χ2n) is 4.07. The number of carbonyl (C=O) groups is 1. The Morgan fingerprint density at radius 1 is 1.35 bits per heavy atom. The third-order valence-corrected chi connectivity index (χ3v) is 2.82. The van der Waals surface area contributed by atoms with Crippen molar-refractivity contribution in [2.24, 2.45) is 0 Å². The van der Waals surface area contributed by atoms with Crippen LogP contribution in [-0.2, 0) is 4.79 Å². The number of aliphatic carboxylic acids is 1. The Bertz CT molecular complexity index is 436. The zero-order valence-electron chi connectivity index (χ0n) is 10.6. The minimum absolute atomic E-state index is 0.446. The fraction of sp³-hybridized carbons (Fsp3) is 0.357. The van der Waals surface area contributed by atoms with E-state index in [2.05, 4.69) is 31.3 Å². The normalized spacial score (nSPS) is 11.4. The lowest BCUT2D eigenvalue weighted by atomic mass is 10.1. The van der Waals surface area contributed by atoms with Gasteiger partial charge in [0.2, 0.25) is 0 Å². The predicted molar refractivity (Wildman–Crippen MR) is 70.4 cm³/mol. The third-order valence-electron chi connectivity index (χ3n) is 2.82. The minimum atomic E-state index is -0.839. The van der Waals surface area contributed by atoms with E-state index in [-0.39, 0.29) is 0 Å². The van der Waals surface area contributed by atoms with Gasteiger partial charge in [-0.2, -0.15) is 0 Å². The van der Waals surface area contributed by atoms with E-state index in [0.717, 1.165) is 5.69 Å². The molecule has 3 nitrogen and oxygen atoms in total. The van der Waals surface area contributed by atoms with Gasteiger partial charge in [-0.05, 0) is 43.5 Å². The Kier molecular flexibility index (Phi) is 4.76. The highest BCUT2D eigenvalue weighted by Crippen LogP contribution is 2.14. The topological polar surface area (TPSA) is 49.3 Å². The van der Waals surface area contributed by atoms with Crippen molar-refractivity contribution < 1.29 is 9.90 Å². The summed E-state index contributed by atoms with van der Waals surface area (Å²) in [6.07, 6.45) is 2.27. The number of hydrogen-bond acceptors (Lipinski definition) is 2. The first kappa shape index (κ1) is 13.3. The number of carboxylic acid groups (broad SMARTS) is 1.